The van der Waals surface area contributed by atoms with Crippen molar-refractivity contribution in [3.05, 3.63) is 0 Å². The van der Waals surface area contributed by atoms with Gasteiger partial charge in [0, 0.05) is 12.5 Å². The number of hydrogen-bond donors (Lipinski definition) is 0. The Hall–Kier alpha value is -0.370. The quantitative estimate of drug-likeness (QED) is 0.666. The molecule has 0 amide bonds. The highest BCUT2D eigenvalue weighted by molar-refractivity contribution is 5.83. The first-order chi connectivity index (χ1) is 7.16. The summed E-state index contributed by atoms with van der Waals surface area (Å²) in [6.45, 7) is 4.01. The molecule has 2 nitrogen and oxygen atoms in total. The van der Waals surface area contributed by atoms with E-state index in [1.54, 1.807) is 0 Å². The summed E-state index contributed by atoms with van der Waals surface area (Å²) in [5.74, 6) is 0.377. The molecule has 0 aromatic heterocycles. The van der Waals surface area contributed by atoms with E-state index in [1.165, 1.54) is 38.5 Å². The van der Waals surface area contributed by atoms with Crippen molar-refractivity contribution < 1.29 is 4.79 Å². The van der Waals surface area contributed by atoms with E-state index in [0.717, 1.165) is 0 Å². The lowest BCUT2D eigenvalue weighted by Crippen LogP contribution is -2.42. The van der Waals surface area contributed by atoms with E-state index < -0.39 is 0 Å². The molecular weight excluding hydrogens is 186 g/mol. The highest BCUT2D eigenvalue weighted by atomic mass is 16.1. The molecular formula is C13H25NO. The van der Waals surface area contributed by atoms with Crippen molar-refractivity contribution in [2.75, 3.05) is 7.05 Å². The molecule has 1 fully saturated rings. The third-order valence-corrected chi connectivity index (χ3v) is 3.83. The third kappa shape index (κ3) is 3.60. The van der Waals surface area contributed by atoms with Gasteiger partial charge < -0.3 is 0 Å². The van der Waals surface area contributed by atoms with Crippen molar-refractivity contribution in [3.63, 3.8) is 0 Å². The molecule has 0 bridgehead atoms. The monoisotopic (exact) mass is 211 g/mol. The van der Waals surface area contributed by atoms with Gasteiger partial charge in [0.15, 0.2) is 0 Å². The number of carbonyl (C=O) groups is 1. The van der Waals surface area contributed by atoms with Crippen molar-refractivity contribution in [2.24, 2.45) is 0 Å². The normalized spacial score (nSPS) is 21.3. The average Bonchev–Trinajstić information content (AvgIpc) is 2.54. The highest BCUT2D eigenvalue weighted by Crippen LogP contribution is 2.22. The summed E-state index contributed by atoms with van der Waals surface area (Å²) in [4.78, 5) is 13.9. The van der Waals surface area contributed by atoms with Crippen LogP contribution in [0.25, 0.3) is 0 Å². The van der Waals surface area contributed by atoms with Gasteiger partial charge in [-0.1, -0.05) is 32.6 Å². The standard InChI is InChI=1S/C13H25NO/c1-4-13(15)11(2)14(3)12-9-7-5-6-8-10-12/h11-12H,4-10H2,1-3H3. The number of rotatable bonds is 4. The predicted molar refractivity (Wildman–Crippen MR) is 64.0 cm³/mol. The van der Waals surface area contributed by atoms with E-state index in [1.807, 2.05) is 6.92 Å². The number of likely N-dealkylation sites (N-methyl/N-ethyl adjacent to an activating group) is 1. The second kappa shape index (κ2) is 6.26. The minimum Gasteiger partial charge on any atom is -0.298 e. The number of nitrogens with zero attached hydrogens (tertiary/aromatic N) is 1. The van der Waals surface area contributed by atoms with Gasteiger partial charge in [0.25, 0.3) is 0 Å². The van der Waals surface area contributed by atoms with Crippen molar-refractivity contribution in [1.29, 1.82) is 0 Å². The summed E-state index contributed by atoms with van der Waals surface area (Å²) in [5, 5.41) is 0. The summed E-state index contributed by atoms with van der Waals surface area (Å²) in [6, 6.07) is 0.746. The molecule has 1 aliphatic rings. The van der Waals surface area contributed by atoms with Gasteiger partial charge in [-0.15, -0.1) is 0 Å². The summed E-state index contributed by atoms with van der Waals surface area (Å²) in [7, 11) is 2.12. The maximum Gasteiger partial charge on any atom is 0.149 e. The summed E-state index contributed by atoms with van der Waals surface area (Å²) in [6.07, 6.45) is 8.64. The van der Waals surface area contributed by atoms with E-state index in [0.29, 0.717) is 18.2 Å². The van der Waals surface area contributed by atoms with E-state index in [4.69, 9.17) is 0 Å². The molecule has 0 radical (unpaired) electrons. The van der Waals surface area contributed by atoms with Gasteiger partial charge in [0.05, 0.1) is 6.04 Å². The van der Waals surface area contributed by atoms with Gasteiger partial charge >= 0.3 is 0 Å². The summed E-state index contributed by atoms with van der Waals surface area (Å²) < 4.78 is 0. The number of hydrogen-bond acceptors (Lipinski definition) is 2. The minimum atomic E-state index is 0.109. The van der Waals surface area contributed by atoms with Gasteiger partial charge in [0.1, 0.15) is 5.78 Å². The first kappa shape index (κ1) is 12.7. The Balaban J connectivity index is 2.49. The highest BCUT2D eigenvalue weighted by Gasteiger charge is 2.24. The molecule has 0 spiro atoms. The first-order valence-electron chi connectivity index (χ1n) is 6.41. The van der Waals surface area contributed by atoms with Crippen LogP contribution in [0.15, 0.2) is 0 Å². The van der Waals surface area contributed by atoms with Crippen LogP contribution >= 0.6 is 0 Å². The molecule has 1 atom stereocenters. The molecule has 0 aliphatic heterocycles. The molecule has 0 N–H and O–H groups in total. The van der Waals surface area contributed by atoms with Gasteiger partial charge in [-0.2, -0.15) is 0 Å². The summed E-state index contributed by atoms with van der Waals surface area (Å²) in [5.41, 5.74) is 0. The van der Waals surface area contributed by atoms with E-state index in [-0.39, 0.29) is 6.04 Å². The van der Waals surface area contributed by atoms with Crippen LogP contribution in [0.1, 0.15) is 58.8 Å². The lowest BCUT2D eigenvalue weighted by Gasteiger charge is -2.31. The maximum atomic E-state index is 11.6. The Morgan fingerprint density at radius 1 is 1.27 bits per heavy atom. The molecule has 88 valence electrons. The zero-order chi connectivity index (χ0) is 11.3. The molecule has 1 aliphatic carbocycles. The molecule has 1 unspecified atom stereocenters. The van der Waals surface area contributed by atoms with E-state index in [9.17, 15) is 4.79 Å². The van der Waals surface area contributed by atoms with Crippen molar-refractivity contribution >= 4 is 5.78 Å². The maximum absolute atomic E-state index is 11.6. The zero-order valence-corrected chi connectivity index (χ0v) is 10.5. The van der Waals surface area contributed by atoms with Crippen LogP contribution in [0.5, 0.6) is 0 Å². The number of carbonyl (C=O) groups excluding carboxylic acids is 1. The van der Waals surface area contributed by atoms with Crippen LogP contribution in [0.3, 0.4) is 0 Å². The molecule has 0 heterocycles. The molecule has 2 heteroatoms. The lowest BCUT2D eigenvalue weighted by molar-refractivity contribution is -0.123. The van der Waals surface area contributed by atoms with Crippen LogP contribution in [-0.4, -0.2) is 29.8 Å². The molecule has 0 aromatic carbocycles. The summed E-state index contributed by atoms with van der Waals surface area (Å²) >= 11 is 0. The van der Waals surface area contributed by atoms with Crippen LogP contribution in [0, 0.1) is 0 Å². The largest absolute Gasteiger partial charge is 0.298 e. The van der Waals surface area contributed by atoms with Crippen LogP contribution in [0.4, 0.5) is 0 Å². The topological polar surface area (TPSA) is 20.3 Å². The molecule has 0 saturated heterocycles. The van der Waals surface area contributed by atoms with E-state index in [2.05, 4.69) is 18.9 Å². The van der Waals surface area contributed by atoms with Crippen molar-refractivity contribution in [1.82, 2.24) is 4.90 Å². The Morgan fingerprint density at radius 2 is 1.80 bits per heavy atom. The number of ketones is 1. The average molecular weight is 211 g/mol. The molecule has 1 rings (SSSR count). The Labute approximate surface area is 94.0 Å². The second-order valence-electron chi connectivity index (χ2n) is 4.81. The molecule has 15 heavy (non-hydrogen) atoms. The fourth-order valence-electron chi connectivity index (χ4n) is 2.50. The fraction of sp³-hybridized carbons (Fsp3) is 0.923. The van der Waals surface area contributed by atoms with Gasteiger partial charge in [0.2, 0.25) is 0 Å². The Kier molecular flexibility index (Phi) is 5.30. The fourth-order valence-corrected chi connectivity index (χ4v) is 2.50. The SMILES string of the molecule is CCC(=O)C(C)N(C)C1CCCCCC1. The first-order valence-corrected chi connectivity index (χ1v) is 6.41. The van der Waals surface area contributed by atoms with Crippen molar-refractivity contribution in [3.8, 4) is 0 Å². The van der Waals surface area contributed by atoms with Gasteiger partial charge in [-0.25, -0.2) is 0 Å². The Bertz CT molecular complexity index is 195. The van der Waals surface area contributed by atoms with Gasteiger partial charge in [-0.05, 0) is 26.8 Å². The smallest absolute Gasteiger partial charge is 0.149 e. The van der Waals surface area contributed by atoms with Crippen LogP contribution in [-0.2, 0) is 4.79 Å². The molecule has 1 saturated carbocycles. The zero-order valence-electron chi connectivity index (χ0n) is 10.5. The van der Waals surface area contributed by atoms with Crippen LogP contribution in [0.2, 0.25) is 0 Å². The second-order valence-corrected chi connectivity index (χ2v) is 4.81. The minimum absolute atomic E-state index is 0.109. The Morgan fingerprint density at radius 3 is 2.27 bits per heavy atom. The third-order valence-electron chi connectivity index (χ3n) is 3.83. The number of Topliss-reactive ketones (excluding diaryl/α,β-unsaturated/α-hetero) is 1. The van der Waals surface area contributed by atoms with Crippen LogP contribution < -0.4 is 0 Å². The van der Waals surface area contributed by atoms with Crippen molar-refractivity contribution in [2.45, 2.75) is 70.9 Å². The molecule has 0 aromatic rings. The predicted octanol–water partition coefficient (Wildman–Crippen LogP) is 3.01. The van der Waals surface area contributed by atoms with E-state index >= 15 is 0 Å². The van der Waals surface area contributed by atoms with Gasteiger partial charge in [-0.3, -0.25) is 9.69 Å². The lowest BCUT2D eigenvalue weighted by atomic mass is 10.0.